The van der Waals surface area contributed by atoms with Crippen molar-refractivity contribution in [2.45, 2.75) is 83.1 Å². The minimum absolute atomic E-state index is 0.0697. The first-order chi connectivity index (χ1) is 20.8. The Kier molecular flexibility index (Phi) is 8.88. The van der Waals surface area contributed by atoms with Crippen LogP contribution in [-0.4, -0.2) is 83.9 Å². The van der Waals surface area contributed by atoms with Crippen LogP contribution in [0, 0.1) is 0 Å². The molecule has 0 amide bonds. The van der Waals surface area contributed by atoms with E-state index in [1.807, 2.05) is 43.8 Å². The van der Waals surface area contributed by atoms with Crippen molar-refractivity contribution in [3.05, 3.63) is 47.3 Å². The summed E-state index contributed by atoms with van der Waals surface area (Å²) in [6.45, 7) is 10.1. The highest BCUT2D eigenvalue weighted by molar-refractivity contribution is 5.89. The van der Waals surface area contributed by atoms with E-state index in [9.17, 15) is 4.79 Å². The van der Waals surface area contributed by atoms with Gasteiger partial charge in [0.25, 0.3) is 0 Å². The van der Waals surface area contributed by atoms with Crippen LogP contribution in [0.15, 0.2) is 30.5 Å². The van der Waals surface area contributed by atoms with Crippen molar-refractivity contribution in [2.24, 2.45) is 0 Å². The van der Waals surface area contributed by atoms with Crippen molar-refractivity contribution in [2.75, 3.05) is 51.9 Å². The fourth-order valence-corrected chi connectivity index (χ4v) is 6.37. The number of pyridine rings is 1. The third kappa shape index (κ3) is 6.66. The van der Waals surface area contributed by atoms with Gasteiger partial charge in [0.2, 0.25) is 0 Å². The number of aromatic nitrogens is 3. The fourth-order valence-electron chi connectivity index (χ4n) is 6.37. The molecule has 2 unspecified atom stereocenters. The number of carbonyl (C=O) groups excluding carboxylic acids is 1. The van der Waals surface area contributed by atoms with E-state index < -0.39 is 11.6 Å². The van der Waals surface area contributed by atoms with Gasteiger partial charge in [0, 0.05) is 54.5 Å². The number of hydrogen-bond donors (Lipinski definition) is 1. The molecule has 6 rings (SSSR count). The second kappa shape index (κ2) is 12.8. The van der Waals surface area contributed by atoms with E-state index >= 15 is 0 Å². The molecule has 10 heteroatoms. The quantitative estimate of drug-likeness (QED) is 0.247. The number of aryl methyl sites for hydroxylation is 1. The average molecular weight is 592 g/mol. The summed E-state index contributed by atoms with van der Waals surface area (Å²) < 4.78 is 25.5. The lowest BCUT2D eigenvalue weighted by Crippen LogP contribution is -2.38. The highest BCUT2D eigenvalue weighted by Crippen LogP contribution is 2.36. The van der Waals surface area contributed by atoms with Gasteiger partial charge in [-0.3, -0.25) is 9.58 Å². The van der Waals surface area contributed by atoms with Gasteiger partial charge in [-0.05, 0) is 59.3 Å². The maximum atomic E-state index is 13.8. The van der Waals surface area contributed by atoms with Crippen molar-refractivity contribution < 1.29 is 23.7 Å². The molecule has 2 saturated heterocycles. The van der Waals surface area contributed by atoms with Crippen LogP contribution in [0.1, 0.15) is 75.4 Å². The number of likely N-dealkylation sites (tertiary alicyclic amines) is 1. The van der Waals surface area contributed by atoms with Gasteiger partial charge in [-0.1, -0.05) is 18.2 Å². The average Bonchev–Trinajstić information content (AvgIpc) is 3.59. The molecule has 2 aromatic heterocycles. The van der Waals surface area contributed by atoms with E-state index in [-0.39, 0.29) is 18.1 Å². The van der Waals surface area contributed by atoms with Crippen molar-refractivity contribution in [3.8, 4) is 5.75 Å². The molecule has 0 spiro atoms. The normalized spacial score (nSPS) is 20.0. The molecule has 2 fully saturated rings. The number of anilines is 1. The summed E-state index contributed by atoms with van der Waals surface area (Å²) in [7, 11) is 1.73. The molecule has 10 nitrogen and oxygen atoms in total. The van der Waals surface area contributed by atoms with E-state index in [4.69, 9.17) is 23.9 Å². The van der Waals surface area contributed by atoms with Gasteiger partial charge in [-0.25, -0.2) is 9.78 Å². The van der Waals surface area contributed by atoms with Gasteiger partial charge < -0.3 is 24.3 Å². The number of methoxy groups -OCH3 is 1. The van der Waals surface area contributed by atoms with Gasteiger partial charge in [0.1, 0.15) is 23.2 Å². The monoisotopic (exact) mass is 591 g/mol. The Morgan fingerprint density at radius 2 is 2.09 bits per heavy atom. The Bertz CT molecular complexity index is 1410. The van der Waals surface area contributed by atoms with Gasteiger partial charge in [-0.15, -0.1) is 0 Å². The molecule has 1 N–H and O–H groups in total. The zero-order valence-corrected chi connectivity index (χ0v) is 25.9. The van der Waals surface area contributed by atoms with Crippen molar-refractivity contribution in [1.29, 1.82) is 0 Å². The van der Waals surface area contributed by atoms with Crippen LogP contribution in [0.2, 0.25) is 0 Å². The summed E-state index contributed by atoms with van der Waals surface area (Å²) in [6, 6.07) is 7.83. The van der Waals surface area contributed by atoms with Crippen molar-refractivity contribution >= 4 is 22.7 Å². The number of nitrogens with zero attached hydrogens (tertiary/aromatic N) is 4. The lowest BCUT2D eigenvalue weighted by molar-refractivity contribution is -0.161. The second-order valence-corrected chi connectivity index (χ2v) is 12.9. The number of rotatable bonds is 11. The molecule has 3 aliphatic rings. The minimum atomic E-state index is -0.589. The molecular weight excluding hydrogens is 546 g/mol. The molecule has 5 heterocycles. The third-order valence-corrected chi connectivity index (χ3v) is 8.51. The van der Waals surface area contributed by atoms with Crippen LogP contribution in [0.4, 0.5) is 5.82 Å². The summed E-state index contributed by atoms with van der Waals surface area (Å²) >= 11 is 0. The first-order valence-corrected chi connectivity index (χ1v) is 15.7. The van der Waals surface area contributed by atoms with E-state index in [2.05, 4.69) is 27.4 Å². The third-order valence-electron chi connectivity index (χ3n) is 8.51. The minimum Gasteiger partial charge on any atom is -0.496 e. The molecule has 0 saturated carbocycles. The number of hydrogen-bond acceptors (Lipinski definition) is 9. The highest BCUT2D eigenvalue weighted by atomic mass is 16.6. The van der Waals surface area contributed by atoms with Crippen molar-refractivity contribution in [3.63, 3.8) is 0 Å². The Morgan fingerprint density at radius 1 is 1.23 bits per heavy atom. The Morgan fingerprint density at radius 3 is 2.86 bits per heavy atom. The van der Waals surface area contributed by atoms with Crippen LogP contribution in [0.5, 0.6) is 5.75 Å². The topological polar surface area (TPSA) is 100.0 Å². The lowest BCUT2D eigenvalue weighted by atomic mass is 10.0. The number of unbranched alkanes of at least 4 members (excludes halogenated alkanes) is 1. The molecule has 0 bridgehead atoms. The molecule has 1 aromatic carbocycles. The SMILES string of the molecule is COc1cc(CCCCOC2CCN(C(C(=O)OC(C)(C)C)c3cccc4cnn(C5COC5)c34)C2)nc2c1CCCN2. The van der Waals surface area contributed by atoms with E-state index in [0.29, 0.717) is 26.4 Å². The first kappa shape index (κ1) is 29.8. The van der Waals surface area contributed by atoms with Gasteiger partial charge in [0.05, 0.1) is 44.2 Å². The predicted octanol–water partition coefficient (Wildman–Crippen LogP) is 4.87. The zero-order valence-electron chi connectivity index (χ0n) is 25.9. The molecule has 3 aliphatic heterocycles. The summed E-state index contributed by atoms with van der Waals surface area (Å²) in [4.78, 5) is 20.8. The van der Waals surface area contributed by atoms with Crippen LogP contribution in [0.25, 0.3) is 10.9 Å². The molecule has 43 heavy (non-hydrogen) atoms. The van der Waals surface area contributed by atoms with Gasteiger partial charge in [0.15, 0.2) is 0 Å². The summed E-state index contributed by atoms with van der Waals surface area (Å²) in [5.41, 5.74) is 3.57. The molecular formula is C33H45N5O5. The second-order valence-electron chi connectivity index (χ2n) is 12.9. The predicted molar refractivity (Wildman–Crippen MR) is 165 cm³/mol. The van der Waals surface area contributed by atoms with Gasteiger partial charge in [-0.2, -0.15) is 5.10 Å². The van der Waals surface area contributed by atoms with Crippen molar-refractivity contribution in [1.82, 2.24) is 19.7 Å². The van der Waals surface area contributed by atoms with Crippen LogP contribution in [-0.2, 0) is 31.8 Å². The maximum absolute atomic E-state index is 13.8. The number of benzene rings is 1. The Hall–Kier alpha value is -3.21. The lowest BCUT2D eigenvalue weighted by Gasteiger charge is -2.32. The van der Waals surface area contributed by atoms with Crippen LogP contribution in [0.3, 0.4) is 0 Å². The summed E-state index contributed by atoms with van der Waals surface area (Å²) in [5, 5.41) is 9.11. The van der Waals surface area contributed by atoms with E-state index in [1.165, 1.54) is 5.56 Å². The zero-order chi connectivity index (χ0) is 30.0. The first-order valence-electron chi connectivity index (χ1n) is 15.7. The molecule has 3 aromatic rings. The van der Waals surface area contributed by atoms with E-state index in [1.54, 1.807) is 7.11 Å². The number of para-hydroxylation sites is 1. The van der Waals surface area contributed by atoms with Crippen LogP contribution >= 0.6 is 0 Å². The van der Waals surface area contributed by atoms with E-state index in [0.717, 1.165) is 85.3 Å². The largest absolute Gasteiger partial charge is 0.496 e. The number of ether oxygens (including phenoxy) is 4. The molecule has 2 atom stereocenters. The standard InChI is InChI=1S/C33H45N5O5/c1-33(2,3)43-32(39)30(27-11-7-9-22-18-35-38(29(22)27)24-20-41-21-24)37-15-13-25(19-37)42-16-6-5-10-23-17-28(40-4)26-12-8-14-34-31(26)36-23/h7,9,11,17-18,24-25,30H,5-6,8,10,12-16,19-21H2,1-4H3,(H,34,36). The summed E-state index contributed by atoms with van der Waals surface area (Å²) in [6.07, 6.45) is 7.76. The fraction of sp³-hybridized carbons (Fsp3) is 0.606. The highest BCUT2D eigenvalue weighted by Gasteiger charge is 2.38. The molecule has 0 aliphatic carbocycles. The number of esters is 1. The molecule has 232 valence electrons. The smallest absolute Gasteiger partial charge is 0.328 e. The number of nitrogens with one attached hydrogen (secondary N) is 1. The number of carbonyl (C=O) groups is 1. The molecule has 0 radical (unpaired) electrons. The van der Waals surface area contributed by atoms with Gasteiger partial charge >= 0.3 is 5.97 Å². The number of fused-ring (bicyclic) bond motifs is 2. The Balaban J connectivity index is 1.09. The van der Waals surface area contributed by atoms with Crippen LogP contribution < -0.4 is 10.1 Å². The Labute approximate surface area is 254 Å². The summed E-state index contributed by atoms with van der Waals surface area (Å²) in [5.74, 6) is 1.68. The maximum Gasteiger partial charge on any atom is 0.328 e.